The Morgan fingerprint density at radius 2 is 1.93 bits per heavy atom. The number of rotatable bonds is 7. The van der Waals surface area contributed by atoms with Crippen LogP contribution in [0.15, 0.2) is 0 Å². The van der Waals surface area contributed by atoms with Gasteiger partial charge in [0.15, 0.2) is 0 Å². The summed E-state index contributed by atoms with van der Waals surface area (Å²) in [5, 5.41) is 12.9. The molecule has 1 unspecified atom stereocenters. The summed E-state index contributed by atoms with van der Waals surface area (Å²) in [7, 11) is 0. The number of nitrogens with zero attached hydrogens (tertiary/aromatic N) is 1. The molecule has 3 heteroatoms. The largest absolute Gasteiger partial charge is 0.390 e. The minimum Gasteiger partial charge on any atom is -0.390 e. The average Bonchev–Trinajstić information content (AvgIpc) is 2.23. The maximum atomic E-state index is 9.77. The number of nitrogens with one attached hydrogen (secondary N) is 1. The normalized spacial score (nSPS) is 13.9. The molecule has 0 aliphatic carbocycles. The van der Waals surface area contributed by atoms with Crippen molar-refractivity contribution in [2.75, 3.05) is 26.2 Å². The Labute approximate surface area is 93.9 Å². The predicted octanol–water partition coefficient (Wildman–Crippen LogP) is 0.690. The molecule has 0 amide bonds. The smallest absolute Gasteiger partial charge is 0.0791 e. The standard InChI is InChI=1S/C12H24N2O/c1-6-12(4,5)13-9-11(15)10-14(7-2)8-3/h1,11,13,15H,7-10H2,2-5H3. The highest BCUT2D eigenvalue weighted by Crippen LogP contribution is 1.99. The van der Waals surface area contributed by atoms with Gasteiger partial charge in [-0.15, -0.1) is 6.42 Å². The number of aliphatic hydroxyl groups is 1. The van der Waals surface area contributed by atoms with Gasteiger partial charge in [0.25, 0.3) is 0 Å². The van der Waals surface area contributed by atoms with Gasteiger partial charge in [-0.3, -0.25) is 5.32 Å². The lowest BCUT2D eigenvalue weighted by molar-refractivity contribution is 0.112. The van der Waals surface area contributed by atoms with Crippen molar-refractivity contribution >= 4 is 0 Å². The fourth-order valence-corrected chi connectivity index (χ4v) is 1.27. The first-order chi connectivity index (χ1) is 6.95. The van der Waals surface area contributed by atoms with Gasteiger partial charge in [0, 0.05) is 13.1 Å². The highest BCUT2D eigenvalue weighted by atomic mass is 16.3. The quantitative estimate of drug-likeness (QED) is 0.610. The van der Waals surface area contributed by atoms with Gasteiger partial charge >= 0.3 is 0 Å². The summed E-state index contributed by atoms with van der Waals surface area (Å²) in [6.07, 6.45) is 4.98. The Morgan fingerprint density at radius 1 is 1.40 bits per heavy atom. The fraction of sp³-hybridized carbons (Fsp3) is 0.833. The van der Waals surface area contributed by atoms with E-state index in [-0.39, 0.29) is 11.6 Å². The Bertz CT molecular complexity index is 204. The van der Waals surface area contributed by atoms with Gasteiger partial charge in [0.05, 0.1) is 11.6 Å². The van der Waals surface area contributed by atoms with Crippen molar-refractivity contribution in [2.45, 2.75) is 39.3 Å². The third kappa shape index (κ3) is 6.51. The zero-order valence-corrected chi connectivity index (χ0v) is 10.4. The predicted molar refractivity (Wildman–Crippen MR) is 64.7 cm³/mol. The molecule has 0 fully saturated rings. The lowest BCUT2D eigenvalue weighted by Crippen LogP contribution is -2.45. The average molecular weight is 212 g/mol. The van der Waals surface area contributed by atoms with Crippen molar-refractivity contribution in [1.82, 2.24) is 10.2 Å². The van der Waals surface area contributed by atoms with E-state index in [1.807, 2.05) is 13.8 Å². The van der Waals surface area contributed by atoms with Crippen LogP contribution in [0.3, 0.4) is 0 Å². The highest BCUT2D eigenvalue weighted by molar-refractivity contribution is 5.07. The molecule has 3 nitrogen and oxygen atoms in total. The molecular weight excluding hydrogens is 188 g/mol. The van der Waals surface area contributed by atoms with Gasteiger partial charge < -0.3 is 10.0 Å². The van der Waals surface area contributed by atoms with E-state index >= 15 is 0 Å². The van der Waals surface area contributed by atoms with E-state index in [4.69, 9.17) is 6.42 Å². The molecule has 0 aromatic rings. The maximum Gasteiger partial charge on any atom is 0.0791 e. The van der Waals surface area contributed by atoms with Crippen molar-refractivity contribution in [2.24, 2.45) is 0 Å². The fourth-order valence-electron chi connectivity index (χ4n) is 1.27. The second kappa shape index (κ2) is 6.84. The molecule has 0 saturated carbocycles. The van der Waals surface area contributed by atoms with Crippen molar-refractivity contribution in [1.29, 1.82) is 0 Å². The van der Waals surface area contributed by atoms with E-state index in [9.17, 15) is 5.11 Å². The summed E-state index contributed by atoms with van der Waals surface area (Å²) in [5.74, 6) is 2.64. The molecule has 2 N–H and O–H groups in total. The SMILES string of the molecule is C#CC(C)(C)NCC(O)CN(CC)CC. The minimum absolute atomic E-state index is 0.343. The van der Waals surface area contributed by atoms with Crippen LogP contribution in [0.2, 0.25) is 0 Å². The zero-order valence-electron chi connectivity index (χ0n) is 10.4. The Hall–Kier alpha value is -0.560. The second-order valence-corrected chi connectivity index (χ2v) is 4.29. The molecule has 15 heavy (non-hydrogen) atoms. The number of terminal acetylenes is 1. The van der Waals surface area contributed by atoms with E-state index in [2.05, 4.69) is 30.0 Å². The van der Waals surface area contributed by atoms with E-state index in [1.54, 1.807) is 0 Å². The lowest BCUT2D eigenvalue weighted by atomic mass is 10.1. The lowest BCUT2D eigenvalue weighted by Gasteiger charge is -2.25. The third-order valence-corrected chi connectivity index (χ3v) is 2.50. The molecule has 0 aliphatic heterocycles. The van der Waals surface area contributed by atoms with Crippen molar-refractivity contribution in [3.05, 3.63) is 0 Å². The van der Waals surface area contributed by atoms with Crippen molar-refractivity contribution in [3.8, 4) is 12.3 Å². The molecule has 0 rings (SSSR count). The van der Waals surface area contributed by atoms with Crippen LogP contribution >= 0.6 is 0 Å². The molecule has 0 radical (unpaired) electrons. The van der Waals surface area contributed by atoms with E-state index in [0.717, 1.165) is 13.1 Å². The number of β-amino-alcohol motifs (C(OH)–C–C–N with tert-alkyl or cyclic N) is 1. The Morgan fingerprint density at radius 3 is 2.33 bits per heavy atom. The number of hydrogen-bond donors (Lipinski definition) is 2. The van der Waals surface area contributed by atoms with Crippen LogP contribution in [0.1, 0.15) is 27.7 Å². The second-order valence-electron chi connectivity index (χ2n) is 4.29. The highest BCUT2D eigenvalue weighted by Gasteiger charge is 2.15. The van der Waals surface area contributed by atoms with Gasteiger partial charge in [-0.05, 0) is 26.9 Å². The van der Waals surface area contributed by atoms with Crippen LogP contribution in [0.25, 0.3) is 0 Å². The molecule has 0 bridgehead atoms. The summed E-state index contributed by atoms with van der Waals surface area (Å²) >= 11 is 0. The van der Waals surface area contributed by atoms with Crippen molar-refractivity contribution in [3.63, 3.8) is 0 Å². The zero-order chi connectivity index (χ0) is 11.9. The molecular formula is C12H24N2O. The number of hydrogen-bond acceptors (Lipinski definition) is 3. The molecule has 0 aromatic heterocycles. The number of likely N-dealkylation sites (N-methyl/N-ethyl adjacent to an activating group) is 1. The topological polar surface area (TPSA) is 35.5 Å². The summed E-state index contributed by atoms with van der Waals surface area (Å²) in [6, 6.07) is 0. The molecule has 0 aromatic carbocycles. The maximum absolute atomic E-state index is 9.77. The third-order valence-electron chi connectivity index (χ3n) is 2.50. The molecule has 0 saturated heterocycles. The van der Waals surface area contributed by atoms with Gasteiger partial charge in [-0.25, -0.2) is 0 Å². The van der Waals surface area contributed by atoms with Gasteiger partial charge in [0.2, 0.25) is 0 Å². The van der Waals surface area contributed by atoms with E-state index in [0.29, 0.717) is 13.1 Å². The summed E-state index contributed by atoms with van der Waals surface area (Å²) in [5.41, 5.74) is -0.343. The van der Waals surface area contributed by atoms with Crippen LogP contribution in [-0.2, 0) is 0 Å². The summed E-state index contributed by atoms with van der Waals surface area (Å²) < 4.78 is 0. The van der Waals surface area contributed by atoms with Gasteiger partial charge in [-0.1, -0.05) is 19.8 Å². The molecule has 1 atom stereocenters. The minimum atomic E-state index is -0.363. The van der Waals surface area contributed by atoms with Crippen LogP contribution in [0, 0.1) is 12.3 Å². The van der Waals surface area contributed by atoms with Crippen LogP contribution < -0.4 is 5.32 Å². The first-order valence-corrected chi connectivity index (χ1v) is 5.58. The Kier molecular flexibility index (Phi) is 6.58. The number of aliphatic hydroxyl groups excluding tert-OH is 1. The van der Waals surface area contributed by atoms with Crippen LogP contribution in [0.4, 0.5) is 0 Å². The molecule has 0 aliphatic rings. The monoisotopic (exact) mass is 212 g/mol. The summed E-state index contributed by atoms with van der Waals surface area (Å²) in [6.45, 7) is 11.2. The molecule has 0 heterocycles. The van der Waals surface area contributed by atoms with Crippen LogP contribution in [-0.4, -0.2) is 47.8 Å². The van der Waals surface area contributed by atoms with E-state index in [1.165, 1.54) is 0 Å². The molecule has 0 spiro atoms. The van der Waals surface area contributed by atoms with E-state index < -0.39 is 0 Å². The first-order valence-electron chi connectivity index (χ1n) is 5.58. The van der Waals surface area contributed by atoms with Crippen LogP contribution in [0.5, 0.6) is 0 Å². The first kappa shape index (κ1) is 14.4. The Balaban J connectivity index is 3.85. The van der Waals surface area contributed by atoms with Gasteiger partial charge in [-0.2, -0.15) is 0 Å². The van der Waals surface area contributed by atoms with Crippen molar-refractivity contribution < 1.29 is 5.11 Å². The van der Waals surface area contributed by atoms with Gasteiger partial charge in [0.1, 0.15) is 0 Å². The molecule has 88 valence electrons. The summed E-state index contributed by atoms with van der Waals surface area (Å²) in [4.78, 5) is 2.19.